The highest BCUT2D eigenvalue weighted by atomic mass is 35.5. The second kappa shape index (κ2) is 21.4. The van der Waals surface area contributed by atoms with Crippen molar-refractivity contribution in [3.63, 3.8) is 0 Å². The first-order valence-electron chi connectivity index (χ1n) is 26.2. The lowest BCUT2D eigenvalue weighted by Gasteiger charge is -2.38. The summed E-state index contributed by atoms with van der Waals surface area (Å²) in [5, 5.41) is 11.2. The summed E-state index contributed by atoms with van der Waals surface area (Å²) in [4.78, 5) is 42.0. The van der Waals surface area contributed by atoms with Crippen LogP contribution < -0.4 is 0 Å². The first-order valence-corrected chi connectivity index (χ1v) is 30.7. The Morgan fingerprint density at radius 3 is 1.23 bits per heavy atom. The SMILES string of the molecule is Cc1c(-c2ccc(Cl)cc2)c(C(=O)N2CCS(=O)(=O)C(C)(C)C2)n(C2CC2)c1C(F)(F)F.Cc1cn(C2CC2)c(C(=O)N2CCS(=O)(=O)C(C)(C)C2)c1-c1ccc(Cl)cc1.Cc1cn(C2CC2)c(C(=O)O)c1-c1ccc(Cl)cc1. The molecule has 79 heavy (non-hydrogen) atoms. The monoisotopic (exact) mass is 1180 g/mol. The second-order valence-corrected chi connectivity index (χ2v) is 29.4. The number of hydrogen-bond acceptors (Lipinski definition) is 7. The zero-order chi connectivity index (χ0) is 57.5. The number of carbonyl (C=O) groups is 3. The van der Waals surface area contributed by atoms with E-state index in [0.717, 1.165) is 63.6 Å². The van der Waals surface area contributed by atoms with Crippen LogP contribution in [0, 0.1) is 20.8 Å². The van der Waals surface area contributed by atoms with Gasteiger partial charge in [0, 0.05) is 88.5 Å². The van der Waals surface area contributed by atoms with E-state index in [1.165, 1.54) is 25.7 Å². The van der Waals surface area contributed by atoms with Gasteiger partial charge in [-0.15, -0.1) is 0 Å². The topological polar surface area (TPSA) is 161 Å². The van der Waals surface area contributed by atoms with E-state index in [0.29, 0.717) is 56.9 Å². The van der Waals surface area contributed by atoms with Crippen LogP contribution in [0.5, 0.6) is 0 Å². The first-order chi connectivity index (χ1) is 36.9. The van der Waals surface area contributed by atoms with E-state index in [1.807, 2.05) is 61.0 Å². The molecule has 3 aliphatic carbocycles. The van der Waals surface area contributed by atoms with E-state index in [2.05, 4.69) is 10.8 Å². The van der Waals surface area contributed by atoms with E-state index < -0.39 is 59.0 Å². The Morgan fingerprint density at radius 1 is 0.544 bits per heavy atom. The number of benzene rings is 3. The molecule has 5 heterocycles. The van der Waals surface area contributed by atoms with Crippen LogP contribution in [-0.4, -0.2) is 110 Å². The van der Waals surface area contributed by atoms with Gasteiger partial charge in [-0.05, 0) is 157 Å². The standard InChI is InChI=1S/C22H24ClF3N2O3S.C21H25ClN2O3S.C15H14ClNO2/c1-13-17(14-4-6-15(23)7-5-14)18(28(16-8-9-16)19(13)22(24,25)26)20(29)27-10-11-32(30,31)21(2,3)12-27;1-14-12-24(17-8-9-17)19(18(14)15-4-6-16(22)7-5-15)20(25)23-10-11-28(26,27)21(2,3)13-23;1-9-8-17(12-6-7-12)14(15(18)19)13(9)10-2-4-11(16)5-3-10/h4-7,16H,8-12H2,1-3H3;4-7,12,17H,8-11,13H2,1-3H3;2-5,8,12H,6-7H2,1H3,(H,18,19). The van der Waals surface area contributed by atoms with Crippen molar-refractivity contribution < 1.29 is 49.5 Å². The molecular formula is C58H63Cl3F3N5O8S2. The largest absolute Gasteiger partial charge is 0.477 e. The minimum absolute atomic E-state index is 0.00510. The third-order valence-electron chi connectivity index (χ3n) is 15.6. The maximum Gasteiger partial charge on any atom is 0.431 e. The summed E-state index contributed by atoms with van der Waals surface area (Å²) < 4.78 is 95.0. The zero-order valence-electron chi connectivity index (χ0n) is 44.9. The smallest absolute Gasteiger partial charge is 0.431 e. The molecule has 13 nitrogen and oxygen atoms in total. The number of carboxylic acids is 1. The molecule has 11 rings (SSSR count). The Hall–Kier alpha value is -5.53. The molecular weight excluding hydrogens is 1120 g/mol. The predicted octanol–water partition coefficient (Wildman–Crippen LogP) is 13.4. The maximum absolute atomic E-state index is 14.2. The molecule has 3 aromatic heterocycles. The van der Waals surface area contributed by atoms with Gasteiger partial charge in [-0.25, -0.2) is 21.6 Å². The van der Waals surface area contributed by atoms with Gasteiger partial charge in [0.25, 0.3) is 11.8 Å². The number of amides is 2. The van der Waals surface area contributed by atoms with Crippen LogP contribution in [0.2, 0.25) is 15.1 Å². The van der Waals surface area contributed by atoms with Crippen molar-refractivity contribution >= 4 is 72.3 Å². The molecule has 6 aromatic rings. The number of hydrogen-bond donors (Lipinski definition) is 1. The molecule has 0 atom stereocenters. The number of sulfone groups is 2. The maximum atomic E-state index is 14.2. The lowest BCUT2D eigenvalue weighted by atomic mass is 10.00. The van der Waals surface area contributed by atoms with Gasteiger partial charge in [-0.2, -0.15) is 13.2 Å². The Morgan fingerprint density at radius 2 is 0.886 bits per heavy atom. The van der Waals surface area contributed by atoms with Crippen molar-refractivity contribution in [1.82, 2.24) is 23.5 Å². The fourth-order valence-corrected chi connectivity index (χ4v) is 14.0. The second-order valence-electron chi connectivity index (χ2n) is 22.6. The molecule has 3 aromatic carbocycles. The fourth-order valence-electron chi connectivity index (χ4n) is 10.9. The van der Waals surface area contributed by atoms with Crippen LogP contribution in [0.3, 0.4) is 0 Å². The van der Waals surface area contributed by atoms with Crippen molar-refractivity contribution in [2.45, 2.75) is 121 Å². The number of rotatable bonds is 9. The zero-order valence-corrected chi connectivity index (χ0v) is 48.8. The lowest BCUT2D eigenvalue weighted by molar-refractivity contribution is -0.144. The number of carboxylic acid groups (broad SMARTS) is 1. The quantitative estimate of drug-likeness (QED) is 0.150. The van der Waals surface area contributed by atoms with Crippen LogP contribution in [0.15, 0.2) is 85.2 Å². The fraction of sp³-hybridized carbons (Fsp3) is 0.431. The first kappa shape index (κ1) is 58.1. The van der Waals surface area contributed by atoms with Gasteiger partial charge >= 0.3 is 12.1 Å². The van der Waals surface area contributed by atoms with Crippen LogP contribution in [0.1, 0.15) is 138 Å². The number of aromatic nitrogens is 3. The van der Waals surface area contributed by atoms with Crippen LogP contribution >= 0.6 is 34.8 Å². The molecule has 0 spiro atoms. The number of nitrogens with zero attached hydrogens (tertiary/aromatic N) is 5. The van der Waals surface area contributed by atoms with Crippen molar-refractivity contribution in [3.8, 4) is 33.4 Å². The number of aromatic carboxylic acids is 1. The Bertz CT molecular complexity index is 3600. The summed E-state index contributed by atoms with van der Waals surface area (Å²) in [5.74, 6) is -1.76. The number of alkyl halides is 3. The van der Waals surface area contributed by atoms with Crippen molar-refractivity contribution in [2.75, 3.05) is 37.7 Å². The highest BCUT2D eigenvalue weighted by Gasteiger charge is 2.48. The van der Waals surface area contributed by atoms with Gasteiger partial charge in [0.2, 0.25) is 0 Å². The molecule has 0 radical (unpaired) electrons. The highest BCUT2D eigenvalue weighted by Crippen LogP contribution is 2.49. The van der Waals surface area contributed by atoms with Crippen molar-refractivity contribution in [1.29, 1.82) is 0 Å². The third-order valence-corrected chi connectivity index (χ3v) is 21.4. The predicted molar refractivity (Wildman–Crippen MR) is 303 cm³/mol. The summed E-state index contributed by atoms with van der Waals surface area (Å²) in [6.07, 6.45) is 4.73. The highest BCUT2D eigenvalue weighted by molar-refractivity contribution is 7.93. The van der Waals surface area contributed by atoms with Crippen LogP contribution in [-0.2, 0) is 25.9 Å². The summed E-state index contributed by atoms with van der Waals surface area (Å²) >= 11 is 17.9. The summed E-state index contributed by atoms with van der Waals surface area (Å²) in [5.41, 5.74) is 6.48. The third kappa shape index (κ3) is 11.7. The molecule has 0 unspecified atom stereocenters. The van der Waals surface area contributed by atoms with E-state index in [4.69, 9.17) is 34.8 Å². The minimum Gasteiger partial charge on any atom is -0.477 e. The molecule has 3 saturated carbocycles. The summed E-state index contributed by atoms with van der Waals surface area (Å²) in [6.45, 7) is 12.1. The number of aryl methyl sites for hydroxylation is 2. The van der Waals surface area contributed by atoms with Crippen LogP contribution in [0.25, 0.3) is 33.4 Å². The molecule has 0 bridgehead atoms. The summed E-state index contributed by atoms with van der Waals surface area (Å²) in [6, 6.07) is 21.5. The average molecular weight is 1190 g/mol. The molecule has 21 heteroatoms. The van der Waals surface area contributed by atoms with Gasteiger partial charge in [0.1, 0.15) is 22.8 Å². The normalized spacial score (nSPS) is 19.2. The van der Waals surface area contributed by atoms with Crippen LogP contribution in [0.4, 0.5) is 13.2 Å². The average Bonchev–Trinajstić information content (AvgIpc) is 4.43. The van der Waals surface area contributed by atoms with E-state index in [-0.39, 0.29) is 60.4 Å². The Labute approximate surface area is 474 Å². The van der Waals surface area contributed by atoms with E-state index in [9.17, 15) is 49.5 Å². The molecule has 2 saturated heterocycles. The Balaban J connectivity index is 0.000000148. The number of carbonyl (C=O) groups excluding carboxylic acids is 2. The van der Waals surface area contributed by atoms with Gasteiger partial charge < -0.3 is 28.6 Å². The van der Waals surface area contributed by atoms with Gasteiger partial charge in [-0.3, -0.25) is 9.59 Å². The van der Waals surface area contributed by atoms with Gasteiger partial charge in [0.15, 0.2) is 19.7 Å². The van der Waals surface area contributed by atoms with Crippen molar-refractivity contribution in [2.24, 2.45) is 0 Å². The summed E-state index contributed by atoms with van der Waals surface area (Å²) in [7, 11) is -6.61. The van der Waals surface area contributed by atoms with E-state index >= 15 is 0 Å². The molecule has 5 fully saturated rings. The molecule has 5 aliphatic rings. The molecule has 1 N–H and O–H groups in total. The Kier molecular flexibility index (Phi) is 15.8. The molecule has 2 amide bonds. The van der Waals surface area contributed by atoms with E-state index in [1.54, 1.807) is 55.1 Å². The van der Waals surface area contributed by atoms with Crippen molar-refractivity contribution in [3.05, 3.63) is 140 Å². The molecule has 422 valence electrons. The molecule has 2 aliphatic heterocycles. The number of halogens is 6. The lowest BCUT2D eigenvalue weighted by Crippen LogP contribution is -2.54. The van der Waals surface area contributed by atoms with Gasteiger partial charge in [-0.1, -0.05) is 71.2 Å². The minimum atomic E-state index is -4.64. The van der Waals surface area contributed by atoms with Gasteiger partial charge in [0.05, 0.1) is 21.0 Å².